The van der Waals surface area contributed by atoms with Gasteiger partial charge in [-0.15, -0.1) is 10.2 Å². The van der Waals surface area contributed by atoms with Gasteiger partial charge >= 0.3 is 0 Å². The minimum Gasteiger partial charge on any atom is -0.493 e. The van der Waals surface area contributed by atoms with Gasteiger partial charge in [0.25, 0.3) is 5.89 Å². The van der Waals surface area contributed by atoms with Gasteiger partial charge in [0, 0.05) is 33.5 Å². The van der Waals surface area contributed by atoms with Crippen molar-refractivity contribution in [3.05, 3.63) is 41.4 Å². The van der Waals surface area contributed by atoms with Gasteiger partial charge in [-0.3, -0.25) is 9.48 Å². The van der Waals surface area contributed by atoms with Crippen LogP contribution in [0.3, 0.4) is 0 Å². The van der Waals surface area contributed by atoms with Crippen LogP contribution in [0.4, 0.5) is 0 Å². The fraction of sp³-hybridized carbons (Fsp3) is 0.400. The quantitative estimate of drug-likeness (QED) is 0.574. The summed E-state index contributed by atoms with van der Waals surface area (Å²) in [5.74, 6) is 2.09. The molecule has 0 aliphatic carbocycles. The van der Waals surface area contributed by atoms with E-state index < -0.39 is 0 Å². The molecule has 0 fully saturated rings. The topological polar surface area (TPSA) is 95.5 Å². The fourth-order valence-corrected chi connectivity index (χ4v) is 3.01. The molecule has 1 amide bonds. The van der Waals surface area contributed by atoms with Crippen molar-refractivity contribution in [3.63, 3.8) is 0 Å². The van der Waals surface area contributed by atoms with E-state index in [1.165, 1.54) is 0 Å². The van der Waals surface area contributed by atoms with Crippen LogP contribution in [0.2, 0.25) is 0 Å². The molecule has 29 heavy (non-hydrogen) atoms. The summed E-state index contributed by atoms with van der Waals surface area (Å²) in [4.78, 5) is 14.2. The number of carbonyl (C=O) groups is 1. The maximum Gasteiger partial charge on any atom is 0.265 e. The third kappa shape index (κ3) is 4.74. The standard InChI is InChI=1S/C20H25N5O4/c1-13-10-15(25(3)23-13)20-22-21-18(29-20)8-9-19(26)24(2)12-14-6-7-16(27-4)17(11-14)28-5/h6-7,10-11H,8-9,12H2,1-5H3. The van der Waals surface area contributed by atoms with Crippen molar-refractivity contribution >= 4 is 5.91 Å². The van der Waals surface area contributed by atoms with E-state index in [2.05, 4.69) is 15.3 Å². The van der Waals surface area contributed by atoms with E-state index in [1.54, 1.807) is 30.8 Å². The van der Waals surface area contributed by atoms with Crippen molar-refractivity contribution < 1.29 is 18.7 Å². The zero-order chi connectivity index (χ0) is 21.0. The predicted octanol–water partition coefficient (Wildman–Crippen LogP) is 2.39. The Morgan fingerprint density at radius 3 is 2.59 bits per heavy atom. The highest BCUT2D eigenvalue weighted by Crippen LogP contribution is 2.28. The van der Waals surface area contributed by atoms with Crippen LogP contribution in [-0.2, 0) is 24.8 Å². The molecule has 2 heterocycles. The van der Waals surface area contributed by atoms with Gasteiger partial charge in [-0.25, -0.2) is 0 Å². The normalized spacial score (nSPS) is 10.8. The van der Waals surface area contributed by atoms with Crippen LogP contribution in [0.15, 0.2) is 28.7 Å². The lowest BCUT2D eigenvalue weighted by Gasteiger charge is -2.18. The highest BCUT2D eigenvalue weighted by molar-refractivity contribution is 5.76. The Balaban J connectivity index is 1.57. The number of hydrogen-bond acceptors (Lipinski definition) is 7. The number of nitrogens with zero attached hydrogens (tertiary/aromatic N) is 5. The Kier molecular flexibility index (Phi) is 6.16. The number of aryl methyl sites for hydroxylation is 3. The van der Waals surface area contributed by atoms with Gasteiger partial charge in [0.15, 0.2) is 11.5 Å². The first-order valence-corrected chi connectivity index (χ1v) is 9.19. The lowest BCUT2D eigenvalue weighted by Crippen LogP contribution is -2.26. The summed E-state index contributed by atoms with van der Waals surface area (Å²) in [6.07, 6.45) is 0.648. The molecule has 0 aliphatic heterocycles. The third-order valence-electron chi connectivity index (χ3n) is 4.53. The van der Waals surface area contributed by atoms with Gasteiger partial charge in [0.05, 0.1) is 19.9 Å². The number of methoxy groups -OCH3 is 2. The lowest BCUT2D eigenvalue weighted by molar-refractivity contribution is -0.130. The highest BCUT2D eigenvalue weighted by atomic mass is 16.5. The van der Waals surface area contributed by atoms with Crippen LogP contribution in [0.25, 0.3) is 11.6 Å². The molecule has 0 spiro atoms. The Morgan fingerprint density at radius 1 is 1.17 bits per heavy atom. The molecule has 154 valence electrons. The molecule has 9 heteroatoms. The second-order valence-electron chi connectivity index (χ2n) is 6.73. The van der Waals surface area contributed by atoms with Crippen LogP contribution >= 0.6 is 0 Å². The van der Waals surface area contributed by atoms with E-state index in [-0.39, 0.29) is 12.3 Å². The largest absolute Gasteiger partial charge is 0.493 e. The van der Waals surface area contributed by atoms with E-state index in [4.69, 9.17) is 13.9 Å². The van der Waals surface area contributed by atoms with Crippen LogP contribution in [0.1, 0.15) is 23.6 Å². The SMILES string of the molecule is COc1ccc(CN(C)C(=O)CCc2nnc(-c3cc(C)nn3C)o2)cc1OC. The molecule has 1 aromatic carbocycles. The average Bonchev–Trinajstić information content (AvgIpc) is 3.31. The summed E-state index contributed by atoms with van der Waals surface area (Å²) in [6.45, 7) is 2.36. The molecule has 0 radical (unpaired) electrons. The molecule has 0 saturated heterocycles. The van der Waals surface area contributed by atoms with Crippen molar-refractivity contribution in [2.75, 3.05) is 21.3 Å². The molecule has 3 aromatic rings. The Morgan fingerprint density at radius 2 is 1.93 bits per heavy atom. The Labute approximate surface area is 169 Å². The molecular weight excluding hydrogens is 374 g/mol. The summed E-state index contributed by atoms with van der Waals surface area (Å²) < 4.78 is 17.9. The number of ether oxygens (including phenoxy) is 2. The highest BCUT2D eigenvalue weighted by Gasteiger charge is 2.16. The maximum atomic E-state index is 12.5. The zero-order valence-electron chi connectivity index (χ0n) is 17.3. The predicted molar refractivity (Wildman–Crippen MR) is 106 cm³/mol. The van der Waals surface area contributed by atoms with Crippen molar-refractivity contribution in [2.24, 2.45) is 7.05 Å². The Hall–Kier alpha value is -3.36. The molecule has 0 saturated carbocycles. The van der Waals surface area contributed by atoms with Gasteiger partial charge in [0.2, 0.25) is 11.8 Å². The number of hydrogen-bond donors (Lipinski definition) is 0. The molecule has 0 N–H and O–H groups in total. The number of benzene rings is 1. The number of amides is 1. The number of rotatable bonds is 8. The van der Waals surface area contributed by atoms with E-state index in [1.807, 2.05) is 38.2 Å². The summed E-state index contributed by atoms with van der Waals surface area (Å²) in [7, 11) is 6.75. The summed E-state index contributed by atoms with van der Waals surface area (Å²) >= 11 is 0. The van der Waals surface area contributed by atoms with E-state index in [0.717, 1.165) is 17.0 Å². The van der Waals surface area contributed by atoms with Crippen molar-refractivity contribution in [3.8, 4) is 23.1 Å². The first-order valence-electron chi connectivity index (χ1n) is 9.19. The minimum atomic E-state index is -0.0177. The zero-order valence-corrected chi connectivity index (χ0v) is 17.3. The van der Waals surface area contributed by atoms with Gasteiger partial charge in [-0.1, -0.05) is 6.07 Å². The Bertz CT molecular complexity index is 995. The molecule has 0 bridgehead atoms. The van der Waals surface area contributed by atoms with E-state index in [0.29, 0.717) is 36.2 Å². The average molecular weight is 399 g/mol. The summed E-state index contributed by atoms with van der Waals surface area (Å²) in [5, 5.41) is 12.4. The molecule has 9 nitrogen and oxygen atoms in total. The third-order valence-corrected chi connectivity index (χ3v) is 4.53. The second kappa shape index (κ2) is 8.76. The van der Waals surface area contributed by atoms with Crippen molar-refractivity contribution in [1.82, 2.24) is 24.9 Å². The smallest absolute Gasteiger partial charge is 0.265 e. The first kappa shape index (κ1) is 20.4. The number of aromatic nitrogens is 4. The van der Waals surface area contributed by atoms with Crippen LogP contribution in [-0.4, -0.2) is 52.1 Å². The van der Waals surface area contributed by atoms with Crippen LogP contribution < -0.4 is 9.47 Å². The van der Waals surface area contributed by atoms with Crippen molar-refractivity contribution in [2.45, 2.75) is 26.3 Å². The molecule has 2 aromatic heterocycles. The molecular formula is C20H25N5O4. The summed E-state index contributed by atoms with van der Waals surface area (Å²) in [6, 6.07) is 7.47. The summed E-state index contributed by atoms with van der Waals surface area (Å²) in [5.41, 5.74) is 2.57. The van der Waals surface area contributed by atoms with E-state index >= 15 is 0 Å². The van der Waals surface area contributed by atoms with Gasteiger partial charge < -0.3 is 18.8 Å². The van der Waals surface area contributed by atoms with Gasteiger partial charge in [-0.2, -0.15) is 5.10 Å². The lowest BCUT2D eigenvalue weighted by atomic mass is 10.2. The minimum absolute atomic E-state index is 0.0177. The molecule has 3 rings (SSSR count). The molecule has 0 atom stereocenters. The first-order chi connectivity index (χ1) is 13.9. The van der Waals surface area contributed by atoms with Gasteiger partial charge in [-0.05, 0) is 30.7 Å². The van der Waals surface area contributed by atoms with Crippen molar-refractivity contribution in [1.29, 1.82) is 0 Å². The maximum absolute atomic E-state index is 12.5. The number of carbonyl (C=O) groups excluding carboxylic acids is 1. The van der Waals surface area contributed by atoms with Crippen LogP contribution in [0, 0.1) is 6.92 Å². The molecule has 0 unspecified atom stereocenters. The molecule has 0 aliphatic rings. The van der Waals surface area contributed by atoms with Crippen LogP contribution in [0.5, 0.6) is 11.5 Å². The van der Waals surface area contributed by atoms with E-state index in [9.17, 15) is 4.79 Å². The monoisotopic (exact) mass is 399 g/mol. The second-order valence-corrected chi connectivity index (χ2v) is 6.73. The fourth-order valence-electron chi connectivity index (χ4n) is 3.01. The van der Waals surface area contributed by atoms with Gasteiger partial charge in [0.1, 0.15) is 5.69 Å².